The fourth-order valence-corrected chi connectivity index (χ4v) is 20.2. The molecule has 14 aromatic rings. The molecule has 31 nitrogen and oxygen atoms in total. The summed E-state index contributed by atoms with van der Waals surface area (Å²) in [6, 6.07) is 64.7. The summed E-state index contributed by atoms with van der Waals surface area (Å²) in [6.07, 6.45) is 1.97. The summed E-state index contributed by atoms with van der Waals surface area (Å²) in [5, 5.41) is 40.4. The minimum Gasteiger partial charge on any atom is -0.495 e. The molecule has 0 spiro atoms. The Morgan fingerprint density at radius 1 is 0.518 bits per heavy atom. The Labute approximate surface area is 814 Å². The molecule has 0 bridgehead atoms. The number of benzene rings is 11. The first-order valence-electron chi connectivity index (χ1n) is 44.9. The van der Waals surface area contributed by atoms with E-state index in [0.717, 1.165) is 50.4 Å². The number of nitrogens with zero attached hydrogens (tertiary/aromatic N) is 2. The summed E-state index contributed by atoms with van der Waals surface area (Å²) in [6.45, 7) is 16.4. The molecule has 8 heterocycles. The third-order valence-electron chi connectivity index (χ3n) is 23.9. The molecule has 19 rings (SSSR count). The van der Waals surface area contributed by atoms with Crippen molar-refractivity contribution in [2.45, 2.75) is 128 Å². The fourth-order valence-electron chi connectivity index (χ4n) is 17.1. The number of carbonyl (C=O) groups excluding carboxylic acids is 2. The Bertz CT molecular complexity index is 7610. The van der Waals surface area contributed by atoms with E-state index in [0.29, 0.717) is 130 Å². The van der Waals surface area contributed by atoms with E-state index in [1.807, 2.05) is 108 Å². The van der Waals surface area contributed by atoms with Crippen molar-refractivity contribution in [2.24, 2.45) is 7.05 Å². The van der Waals surface area contributed by atoms with Gasteiger partial charge in [-0.1, -0.05) is 119 Å². The molecule has 141 heavy (non-hydrogen) atoms. The van der Waals surface area contributed by atoms with E-state index < -0.39 is 73.9 Å². The van der Waals surface area contributed by atoms with Gasteiger partial charge < -0.3 is 86.4 Å². The number of carbonyl (C=O) groups is 6. The lowest BCUT2D eigenvalue weighted by Gasteiger charge is -2.30. The lowest BCUT2D eigenvalue weighted by molar-refractivity contribution is -0.133. The highest BCUT2D eigenvalue weighted by atomic mass is 32.2. The Hall–Kier alpha value is -16.1. The number of thiophene rings is 1. The van der Waals surface area contributed by atoms with Gasteiger partial charge in [0.1, 0.15) is 33.6 Å². The van der Waals surface area contributed by atoms with Crippen LogP contribution in [0.2, 0.25) is 0 Å². The van der Waals surface area contributed by atoms with Gasteiger partial charge in [-0.3, -0.25) is 14.4 Å². The summed E-state index contributed by atoms with van der Waals surface area (Å²) in [7, 11) is -5.36. The van der Waals surface area contributed by atoms with Gasteiger partial charge in [0.25, 0.3) is 26.0 Å². The molecule has 0 aliphatic carbocycles. The minimum atomic E-state index is -4.32. The second kappa shape index (κ2) is 41.7. The van der Waals surface area contributed by atoms with Gasteiger partial charge in [-0.05, 0) is 237 Å². The molecule has 6 N–H and O–H groups in total. The average molecular weight is 1970 g/mol. The molecule has 2 unspecified atom stereocenters. The number of methoxy groups -OCH3 is 1. The number of pyridine rings is 1. The average Bonchev–Trinajstić information content (AvgIpc) is 1.13. The lowest BCUT2D eigenvalue weighted by Crippen LogP contribution is -2.37. The number of hydrogen-bond acceptors (Lipinski definition) is 24. The fraction of sp³-hybridized carbons (Fsp3) is 0.224. The Morgan fingerprint density at radius 3 is 1.75 bits per heavy atom. The minimum absolute atomic E-state index is 0.00528. The highest BCUT2D eigenvalue weighted by Crippen LogP contribution is 2.50. The number of hydrogen-bond donors (Lipinski definition) is 6. The van der Waals surface area contributed by atoms with Crippen molar-refractivity contribution < 1.29 is 123 Å². The molecule has 5 aliphatic rings. The van der Waals surface area contributed by atoms with Crippen LogP contribution in [0.25, 0.3) is 27.4 Å². The van der Waals surface area contributed by atoms with Crippen LogP contribution in [0, 0.1) is 13.8 Å². The quantitative estimate of drug-likeness (QED) is 0.0265. The van der Waals surface area contributed by atoms with E-state index >= 15 is 0 Å². The van der Waals surface area contributed by atoms with Crippen LogP contribution in [-0.2, 0) is 67.3 Å². The van der Waals surface area contributed by atoms with Crippen molar-refractivity contribution in [2.75, 3.05) is 34.3 Å². The number of carboxylic acids is 4. The van der Waals surface area contributed by atoms with Crippen molar-refractivity contribution in [3.8, 4) is 69.0 Å². The topological polar surface area (TPSA) is 413 Å². The van der Waals surface area contributed by atoms with Crippen LogP contribution in [0.15, 0.2) is 257 Å². The van der Waals surface area contributed by atoms with Gasteiger partial charge in [-0.25, -0.2) is 45.5 Å². The molecule has 11 aromatic carbocycles. The van der Waals surface area contributed by atoms with Crippen molar-refractivity contribution in [1.82, 2.24) is 18.6 Å². The van der Waals surface area contributed by atoms with Gasteiger partial charge >= 0.3 is 23.9 Å². The van der Waals surface area contributed by atoms with Crippen LogP contribution in [0.5, 0.6) is 69.0 Å². The lowest BCUT2D eigenvalue weighted by atomic mass is 9.88. The summed E-state index contributed by atoms with van der Waals surface area (Å²) < 4.78 is 128. The molecule has 2 amide bonds. The molecule has 34 heteroatoms. The standard InChI is InChI=1S/C28H23NO7.C27H24N2O8S.C27H29NO6S.C25H22O6S/c1-2-17-12-23-24(36-15-35-23)13-19(17)14-29-22-9-4-3-8-20(22)26(30)21(25(29)28(33)34)11-16-6-5-7-18(10-16)27(31)32;1-15-4-9-24(23(10-15)35-3)38(33,34)28-26(30)25(16-6-8-21-22(12-16)37-14-36-21)19-13-29(2)20-11-17(27(31)32)5-7-18(19)20;1-4-7-20-8-5-6-9-23(20)34-26(21-12-15-24-25(16-21)33-17-32-24)27(29)28-35(30,31)22-13-10-19(11-14-22)18(2)3;1-13(2)30-16-6-8-18-17(11-16)22(21-9-4-14(3)32-21)23(25(26)27)24(31-18)15-5-7-19-20(10-15)29-12-28-19/h3-10,12-13H,2,11,14-15H2,1H3,(H,31,32)(H,33,34);4-13,25H,14H2,1-3H3,(H,28,30)(H,31,32);5-6,8-16,18,26H,4,7,17H2,1-3H3,(H,28,29);4-11,13,24H,12H2,1-3H3,(H,26,27)/t;25-;;/m.0../s1. The first-order chi connectivity index (χ1) is 67.6. The molecule has 3 atom stereocenters. The van der Waals surface area contributed by atoms with Gasteiger partial charge in [0.2, 0.25) is 39.2 Å². The zero-order valence-electron chi connectivity index (χ0n) is 78.1. The highest BCUT2D eigenvalue weighted by Gasteiger charge is 2.39. The van der Waals surface area contributed by atoms with E-state index in [2.05, 4.69) is 16.4 Å². The number of aromatic carboxylic acids is 3. The predicted molar refractivity (Wildman–Crippen MR) is 523 cm³/mol. The molecule has 0 saturated heterocycles. The van der Waals surface area contributed by atoms with Crippen molar-refractivity contribution >= 4 is 94.5 Å². The highest BCUT2D eigenvalue weighted by molar-refractivity contribution is 7.90. The number of ether oxygens (including phenoxy) is 12. The molecular formula is C107H98N4O27S3. The number of sulfonamides is 2. The van der Waals surface area contributed by atoms with Gasteiger partial charge in [-0.15, -0.1) is 11.3 Å². The smallest absolute Gasteiger partial charge is 0.352 e. The second-order valence-electron chi connectivity index (χ2n) is 34.1. The number of para-hydroxylation sites is 2. The maximum atomic E-state index is 13.8. The number of aromatic nitrogens is 2. The maximum absolute atomic E-state index is 13.8. The zero-order chi connectivity index (χ0) is 100.0. The third kappa shape index (κ3) is 21.3. The number of amides is 2. The first-order valence-corrected chi connectivity index (χ1v) is 48.7. The summed E-state index contributed by atoms with van der Waals surface area (Å²) >= 11 is 1.55. The Balaban J connectivity index is 0.000000136. The summed E-state index contributed by atoms with van der Waals surface area (Å²) in [5.74, 6) is -0.571. The molecule has 726 valence electrons. The number of nitrogens with one attached hydrogen (secondary N) is 2. The Kier molecular flexibility index (Phi) is 29.0. The number of carboxylic acid groups (broad SMARTS) is 4. The third-order valence-corrected chi connectivity index (χ3v) is 27.7. The Morgan fingerprint density at radius 2 is 1.12 bits per heavy atom. The van der Waals surface area contributed by atoms with E-state index in [1.165, 1.54) is 49.6 Å². The number of rotatable bonds is 28. The van der Waals surface area contributed by atoms with Gasteiger partial charge in [0, 0.05) is 80.1 Å². The van der Waals surface area contributed by atoms with Gasteiger partial charge in [-0.2, -0.15) is 0 Å². The van der Waals surface area contributed by atoms with E-state index in [4.69, 9.17) is 56.8 Å². The van der Waals surface area contributed by atoms with Crippen LogP contribution < -0.4 is 71.7 Å². The van der Waals surface area contributed by atoms with Crippen molar-refractivity contribution in [1.29, 1.82) is 0 Å². The number of aryl methyl sites for hydroxylation is 5. The number of fused-ring (bicyclic) bond motifs is 7. The van der Waals surface area contributed by atoms with E-state index in [9.17, 15) is 70.8 Å². The van der Waals surface area contributed by atoms with Crippen LogP contribution in [-0.4, -0.2) is 122 Å². The van der Waals surface area contributed by atoms with Crippen LogP contribution in [0.1, 0.15) is 180 Å². The predicted octanol–water partition coefficient (Wildman–Crippen LogP) is 18.6. The van der Waals surface area contributed by atoms with Gasteiger partial charge in [0.05, 0.1) is 46.2 Å². The van der Waals surface area contributed by atoms with E-state index in [-0.39, 0.29) is 101 Å². The normalized spacial score (nSPS) is 13.8. The zero-order valence-corrected chi connectivity index (χ0v) is 80.5. The van der Waals surface area contributed by atoms with Crippen LogP contribution in [0.4, 0.5) is 0 Å². The van der Waals surface area contributed by atoms with Crippen molar-refractivity contribution in [3.05, 3.63) is 346 Å². The molecule has 5 aliphatic heterocycles. The van der Waals surface area contributed by atoms with E-state index in [1.54, 1.807) is 162 Å². The molecule has 0 radical (unpaired) electrons. The largest absolute Gasteiger partial charge is 0.495 e. The number of aliphatic carboxylic acids is 1. The van der Waals surface area contributed by atoms with Crippen molar-refractivity contribution in [3.63, 3.8) is 0 Å². The maximum Gasteiger partial charge on any atom is 0.352 e. The molecule has 0 saturated carbocycles. The second-order valence-corrected chi connectivity index (χ2v) is 38.7. The van der Waals surface area contributed by atoms with Crippen LogP contribution >= 0.6 is 11.3 Å². The first kappa shape index (κ1) is 98.0. The summed E-state index contributed by atoms with van der Waals surface area (Å²) in [4.78, 5) is 90.8. The molecule has 3 aromatic heterocycles. The van der Waals surface area contributed by atoms with Crippen LogP contribution in [0.3, 0.4) is 0 Å². The SMILES string of the molecule is CCCc1ccccc1OC(C(=O)NS(=O)(=O)c1ccc(C(C)C)cc1)c1ccc2c(c1)OCO2.CCc1cc2c(cc1Cn1c(C(=O)O)c(Cc3cccc(C(=O)O)c3)c(=O)c3ccccc31)OCO2.COc1cc(C)ccc1S(=O)(=O)NC(=O)[C@@H](c1ccc2c(c1)OCO2)c1cn(C)c2cc(C(=O)O)ccc12.Cc1ccc(C2=C(C(=O)O)C(c3ccc4c(c3)OCO4)Oc3ccc(OC(C)C)cc32)s1. The summed E-state index contributed by atoms with van der Waals surface area (Å²) in [5.41, 5.74) is 9.54. The molecular weight excluding hydrogens is 1870 g/mol. The van der Waals surface area contributed by atoms with Gasteiger partial charge in [0.15, 0.2) is 57.5 Å². The monoisotopic (exact) mass is 1970 g/mol. The molecule has 0 fully saturated rings.